The van der Waals surface area contributed by atoms with E-state index in [1.165, 1.54) is 21.4 Å². The molecule has 0 fully saturated rings. The third-order valence-electron chi connectivity index (χ3n) is 6.05. The highest BCUT2D eigenvalue weighted by molar-refractivity contribution is 7.15. The molecule has 2 aromatic heterocycles. The van der Waals surface area contributed by atoms with Gasteiger partial charge in [-0.2, -0.15) is 13.2 Å². The van der Waals surface area contributed by atoms with Crippen LogP contribution in [0.1, 0.15) is 11.1 Å². The number of carbonyl (C=O) groups excluding carboxylic acids is 2. The molecule has 0 saturated carbocycles. The minimum Gasteiger partial charge on any atom is -0.325 e. The molecular weight excluding hydrogens is 505 g/mol. The van der Waals surface area contributed by atoms with Crippen molar-refractivity contribution in [1.29, 1.82) is 0 Å². The molecule has 5 aromatic rings. The van der Waals surface area contributed by atoms with Gasteiger partial charge in [0.15, 0.2) is 4.96 Å². The van der Waals surface area contributed by atoms with Gasteiger partial charge in [0, 0.05) is 11.3 Å². The van der Waals surface area contributed by atoms with Crippen LogP contribution >= 0.6 is 11.3 Å². The molecule has 0 unspecified atom stereocenters. The highest BCUT2D eigenvalue weighted by Crippen LogP contribution is 2.35. The number of fused-ring (bicyclic) bond motifs is 4. The van der Waals surface area contributed by atoms with Crippen LogP contribution in [0.2, 0.25) is 0 Å². The number of rotatable bonds is 3. The molecule has 0 aliphatic carbocycles. The molecule has 0 bridgehead atoms. The summed E-state index contributed by atoms with van der Waals surface area (Å²) in [5, 5.41) is 2.42. The zero-order valence-corrected chi connectivity index (χ0v) is 19.6. The van der Waals surface area contributed by atoms with Crippen LogP contribution in [0.4, 0.5) is 24.5 Å². The summed E-state index contributed by atoms with van der Waals surface area (Å²) in [6.07, 6.45) is -4.56. The van der Waals surface area contributed by atoms with Crippen molar-refractivity contribution >= 4 is 56.1 Å². The van der Waals surface area contributed by atoms with E-state index in [0.29, 0.717) is 27.2 Å². The Morgan fingerprint density at radius 3 is 2.54 bits per heavy atom. The van der Waals surface area contributed by atoms with Crippen molar-refractivity contribution in [3.8, 4) is 0 Å². The molecule has 2 amide bonds. The zero-order valence-electron chi connectivity index (χ0n) is 18.7. The topological polar surface area (TPSA) is 83.8 Å². The van der Waals surface area contributed by atoms with Crippen LogP contribution in [0.3, 0.4) is 0 Å². The van der Waals surface area contributed by atoms with Crippen molar-refractivity contribution in [2.24, 2.45) is 0 Å². The lowest BCUT2D eigenvalue weighted by Gasteiger charge is -2.17. The fourth-order valence-corrected chi connectivity index (χ4v) is 5.51. The molecule has 184 valence electrons. The van der Waals surface area contributed by atoms with Crippen LogP contribution in [0.5, 0.6) is 0 Å². The number of aromatic nitrogens is 2. The quantitative estimate of drug-likeness (QED) is 0.392. The number of amides is 2. The van der Waals surface area contributed by atoms with Crippen molar-refractivity contribution in [1.82, 2.24) is 9.38 Å². The van der Waals surface area contributed by atoms with Gasteiger partial charge in [0.05, 0.1) is 27.9 Å². The number of alkyl halides is 3. The second-order valence-corrected chi connectivity index (χ2v) is 9.34. The highest BCUT2D eigenvalue weighted by Gasteiger charge is 2.35. The summed E-state index contributed by atoms with van der Waals surface area (Å²) in [5.41, 5.74) is 1.03. The second-order valence-electron chi connectivity index (χ2n) is 8.37. The van der Waals surface area contributed by atoms with E-state index in [0.717, 1.165) is 23.5 Å². The van der Waals surface area contributed by atoms with Crippen LogP contribution < -0.4 is 20.3 Å². The summed E-state index contributed by atoms with van der Waals surface area (Å²) in [6, 6.07) is 18.2. The van der Waals surface area contributed by atoms with E-state index in [1.54, 1.807) is 42.5 Å². The Hall–Kier alpha value is -4.51. The number of hydrogen-bond acceptors (Lipinski definition) is 5. The van der Waals surface area contributed by atoms with Crippen LogP contribution in [0, 0.1) is 0 Å². The second kappa shape index (κ2) is 8.27. The number of carbonyl (C=O) groups is 2. The first kappa shape index (κ1) is 22.9. The monoisotopic (exact) mass is 520 g/mol. The molecule has 37 heavy (non-hydrogen) atoms. The smallest absolute Gasteiger partial charge is 0.325 e. The van der Waals surface area contributed by atoms with Crippen molar-refractivity contribution in [3.05, 3.63) is 98.8 Å². The minimum absolute atomic E-state index is 0.0443. The average Bonchev–Trinajstić information content (AvgIpc) is 3.47. The molecule has 0 spiro atoms. The van der Waals surface area contributed by atoms with Gasteiger partial charge < -0.3 is 5.32 Å². The molecule has 6 rings (SSSR count). The van der Waals surface area contributed by atoms with E-state index >= 15 is 0 Å². The van der Waals surface area contributed by atoms with E-state index in [4.69, 9.17) is 0 Å². The lowest BCUT2D eigenvalue weighted by molar-refractivity contribution is -0.137. The van der Waals surface area contributed by atoms with E-state index < -0.39 is 30.1 Å². The van der Waals surface area contributed by atoms with Crippen molar-refractivity contribution in [2.45, 2.75) is 6.18 Å². The van der Waals surface area contributed by atoms with Gasteiger partial charge in [0.1, 0.15) is 11.1 Å². The predicted molar refractivity (Wildman–Crippen MR) is 133 cm³/mol. The van der Waals surface area contributed by atoms with E-state index in [1.807, 2.05) is 6.07 Å². The van der Waals surface area contributed by atoms with Crippen molar-refractivity contribution in [3.63, 3.8) is 0 Å². The Balaban J connectivity index is 1.39. The Bertz CT molecular complexity index is 1860. The first-order chi connectivity index (χ1) is 17.7. The molecule has 1 N–H and O–H groups in total. The average molecular weight is 520 g/mol. The normalized spacial score (nSPS) is 15.0. The number of para-hydroxylation sites is 3. The van der Waals surface area contributed by atoms with Crippen LogP contribution in [0.15, 0.2) is 77.6 Å². The number of thiazole rings is 1. The molecule has 1 aliphatic rings. The maximum absolute atomic E-state index is 13.5. The van der Waals surface area contributed by atoms with Gasteiger partial charge in [-0.3, -0.25) is 19.3 Å². The van der Waals surface area contributed by atoms with Gasteiger partial charge in [-0.25, -0.2) is 9.38 Å². The third-order valence-corrected chi connectivity index (χ3v) is 7.09. The lowest BCUT2D eigenvalue weighted by atomic mass is 10.1. The van der Waals surface area contributed by atoms with Crippen LogP contribution in [-0.2, 0) is 15.8 Å². The van der Waals surface area contributed by atoms with Crippen molar-refractivity contribution in [2.75, 3.05) is 16.8 Å². The van der Waals surface area contributed by atoms with Gasteiger partial charge in [-0.1, -0.05) is 47.7 Å². The number of hydrogen-bond donors (Lipinski definition) is 1. The Kier molecular flexibility index (Phi) is 5.12. The standard InChI is InChI=1S/C26H15F3N4O3S/c27-26(28,29)14-6-5-7-15(12-14)30-20(34)13-32-18-10-3-1-8-16(18)21(23(32)35)22-24(36)33-19-11-4-2-9-17(19)31-25(33)37-22/h1-12H,13H2,(H,30,34). The highest BCUT2D eigenvalue weighted by atomic mass is 32.1. The number of nitrogens with one attached hydrogen (secondary N) is 1. The van der Waals surface area contributed by atoms with E-state index in [2.05, 4.69) is 10.3 Å². The Morgan fingerprint density at radius 2 is 1.73 bits per heavy atom. The molecule has 1 aliphatic heterocycles. The third kappa shape index (κ3) is 3.75. The summed E-state index contributed by atoms with van der Waals surface area (Å²) in [7, 11) is 0. The van der Waals surface area contributed by atoms with E-state index in [-0.39, 0.29) is 21.4 Å². The summed E-state index contributed by atoms with van der Waals surface area (Å²) < 4.78 is 40.7. The summed E-state index contributed by atoms with van der Waals surface area (Å²) in [6.45, 7) is -0.449. The van der Waals surface area contributed by atoms with Gasteiger partial charge >= 0.3 is 6.18 Å². The number of anilines is 2. The summed E-state index contributed by atoms with van der Waals surface area (Å²) in [5.74, 6) is -1.23. The first-order valence-electron chi connectivity index (χ1n) is 11.0. The van der Waals surface area contributed by atoms with Gasteiger partial charge in [-0.15, -0.1) is 0 Å². The first-order valence-corrected chi connectivity index (χ1v) is 11.9. The molecule has 0 radical (unpaired) electrons. The van der Waals surface area contributed by atoms with Crippen molar-refractivity contribution < 1.29 is 22.8 Å². The van der Waals surface area contributed by atoms with E-state index in [9.17, 15) is 27.6 Å². The molecular formula is C26H15F3N4O3S. The number of halogens is 3. The maximum atomic E-state index is 13.5. The molecule has 3 heterocycles. The molecule has 11 heteroatoms. The Labute approximate surface area is 210 Å². The van der Waals surface area contributed by atoms with Gasteiger partial charge in [0.2, 0.25) is 5.91 Å². The van der Waals surface area contributed by atoms with Crippen LogP contribution in [-0.4, -0.2) is 27.7 Å². The number of imidazole rings is 1. The maximum Gasteiger partial charge on any atom is 0.416 e. The fourth-order valence-electron chi connectivity index (χ4n) is 4.44. The molecule has 0 saturated heterocycles. The fraction of sp³-hybridized carbons (Fsp3) is 0.0769. The minimum atomic E-state index is -4.56. The van der Waals surface area contributed by atoms with Gasteiger partial charge in [0.25, 0.3) is 11.5 Å². The summed E-state index contributed by atoms with van der Waals surface area (Å²) in [4.78, 5) is 45.9. The van der Waals surface area contributed by atoms with Crippen LogP contribution in [0.25, 0.3) is 21.6 Å². The molecule has 7 nitrogen and oxygen atoms in total. The predicted octanol–water partition coefficient (Wildman–Crippen LogP) is 3.83. The summed E-state index contributed by atoms with van der Waals surface area (Å²) >= 11 is 1.09. The lowest BCUT2D eigenvalue weighted by Crippen LogP contribution is -2.37. The zero-order chi connectivity index (χ0) is 25.9. The molecule has 0 atom stereocenters. The Morgan fingerprint density at radius 1 is 0.973 bits per heavy atom. The number of benzene rings is 3. The number of nitrogens with zero attached hydrogens (tertiary/aromatic N) is 3. The molecule has 3 aromatic carbocycles. The largest absolute Gasteiger partial charge is 0.416 e. The SMILES string of the molecule is O=C(CN1C(=O)C(=c2sc3nc4ccccc4n3c2=O)c2ccccc21)Nc1cccc(C(F)(F)F)c1. The van der Waals surface area contributed by atoms with Gasteiger partial charge in [-0.05, 0) is 36.4 Å².